The molecule has 7 nitrogen and oxygen atoms in total. The zero-order chi connectivity index (χ0) is 21.5. The van der Waals surface area contributed by atoms with Crippen molar-refractivity contribution in [2.75, 3.05) is 32.3 Å². The van der Waals surface area contributed by atoms with Crippen LogP contribution in [-0.4, -0.2) is 45.4 Å². The Bertz CT molecular complexity index is 970. The van der Waals surface area contributed by atoms with Crippen LogP contribution in [0.1, 0.15) is 28.3 Å². The molecular weight excluding hydrogens is 384 g/mol. The first-order valence-electron chi connectivity index (χ1n) is 9.54. The molecule has 2 aromatic rings. The van der Waals surface area contributed by atoms with E-state index in [1.807, 2.05) is 6.07 Å². The molecule has 0 unspecified atom stereocenters. The van der Waals surface area contributed by atoms with E-state index in [1.165, 1.54) is 25.4 Å². The largest absolute Gasteiger partial charge is 0.502 e. The Hall–Kier alpha value is -3.61. The second-order valence-electron chi connectivity index (χ2n) is 6.53. The number of hydrogen-bond acceptors (Lipinski definition) is 6. The van der Waals surface area contributed by atoms with Gasteiger partial charge in [0.1, 0.15) is 0 Å². The van der Waals surface area contributed by atoms with Crippen molar-refractivity contribution in [2.24, 2.45) is 4.99 Å². The molecule has 0 bridgehead atoms. The van der Waals surface area contributed by atoms with Gasteiger partial charge in [0.2, 0.25) is 5.91 Å². The number of anilines is 1. The van der Waals surface area contributed by atoms with Crippen LogP contribution in [0, 0.1) is 0 Å². The number of aliphatic imine (C=N–C) groups is 1. The van der Waals surface area contributed by atoms with Crippen molar-refractivity contribution in [3.8, 4) is 11.5 Å². The molecule has 30 heavy (non-hydrogen) atoms. The molecule has 0 radical (unpaired) electrons. The van der Waals surface area contributed by atoms with E-state index in [4.69, 9.17) is 14.2 Å². The van der Waals surface area contributed by atoms with Gasteiger partial charge in [0.05, 0.1) is 38.7 Å². The summed E-state index contributed by atoms with van der Waals surface area (Å²) in [5, 5.41) is 0. The number of imide groups is 1. The molecule has 1 heterocycles. The minimum atomic E-state index is -0.660. The van der Waals surface area contributed by atoms with Gasteiger partial charge in [0.25, 0.3) is 5.91 Å². The summed E-state index contributed by atoms with van der Waals surface area (Å²) in [6.45, 7) is 4.51. The Morgan fingerprint density at radius 2 is 1.87 bits per heavy atom. The molecule has 2 amide bonds. The lowest BCUT2D eigenvalue weighted by atomic mass is 9.89. The van der Waals surface area contributed by atoms with Gasteiger partial charge in [-0.15, -0.1) is 0 Å². The van der Waals surface area contributed by atoms with Crippen molar-refractivity contribution >= 4 is 23.7 Å². The molecule has 0 spiro atoms. The highest BCUT2D eigenvalue weighted by atomic mass is 16.5. The van der Waals surface area contributed by atoms with Gasteiger partial charge in [0.15, 0.2) is 11.5 Å². The first-order valence-corrected chi connectivity index (χ1v) is 9.54. The van der Waals surface area contributed by atoms with E-state index in [-0.39, 0.29) is 11.8 Å². The van der Waals surface area contributed by atoms with Gasteiger partial charge in [-0.3, -0.25) is 14.6 Å². The molecule has 0 saturated heterocycles. The number of nitrogens with zero attached hydrogens (tertiary/aromatic N) is 2. The Morgan fingerprint density at radius 3 is 2.60 bits per heavy atom. The van der Waals surface area contributed by atoms with Crippen LogP contribution in [0.5, 0.6) is 11.5 Å². The van der Waals surface area contributed by atoms with Crippen LogP contribution in [0.2, 0.25) is 0 Å². The second-order valence-corrected chi connectivity index (χ2v) is 6.53. The lowest BCUT2D eigenvalue weighted by Crippen LogP contribution is -2.45. The van der Waals surface area contributed by atoms with Gasteiger partial charge in [-0.25, -0.2) is 4.90 Å². The average Bonchev–Trinajstić information content (AvgIpc) is 2.78. The van der Waals surface area contributed by atoms with Crippen LogP contribution in [0.15, 0.2) is 60.3 Å². The number of amides is 2. The predicted molar refractivity (Wildman–Crippen MR) is 115 cm³/mol. The van der Waals surface area contributed by atoms with E-state index in [9.17, 15) is 9.59 Å². The lowest BCUT2D eigenvalue weighted by molar-refractivity contribution is -0.118. The fraction of sp³-hybridized carbons (Fsp3) is 0.261. The number of fused-ring (bicyclic) bond motifs is 1. The molecule has 0 saturated carbocycles. The van der Waals surface area contributed by atoms with Gasteiger partial charge >= 0.3 is 0 Å². The van der Waals surface area contributed by atoms with Crippen molar-refractivity contribution in [1.82, 2.24) is 0 Å². The lowest BCUT2D eigenvalue weighted by Gasteiger charge is -2.31. The second kappa shape index (κ2) is 9.73. The molecule has 0 aliphatic carbocycles. The molecule has 2 aromatic carbocycles. The highest BCUT2D eigenvalue weighted by Crippen LogP contribution is 2.36. The SMILES string of the molecule is C=COCCCN=C[C@H]1C(=O)N(c2ccc(OC)c(OC)c2)C(=O)c2ccccc21. The molecule has 0 fully saturated rings. The Balaban J connectivity index is 1.94. The van der Waals surface area contributed by atoms with Gasteiger partial charge in [0, 0.05) is 30.8 Å². The van der Waals surface area contributed by atoms with Crippen molar-refractivity contribution in [1.29, 1.82) is 0 Å². The zero-order valence-corrected chi connectivity index (χ0v) is 17.0. The summed E-state index contributed by atoms with van der Waals surface area (Å²) >= 11 is 0. The fourth-order valence-corrected chi connectivity index (χ4v) is 3.31. The molecule has 1 aliphatic heterocycles. The van der Waals surface area contributed by atoms with E-state index in [2.05, 4.69) is 11.6 Å². The average molecular weight is 408 g/mol. The smallest absolute Gasteiger partial charge is 0.265 e. The summed E-state index contributed by atoms with van der Waals surface area (Å²) in [4.78, 5) is 32.0. The van der Waals surface area contributed by atoms with E-state index < -0.39 is 5.92 Å². The number of ether oxygens (including phenoxy) is 3. The number of carbonyl (C=O) groups is 2. The summed E-state index contributed by atoms with van der Waals surface area (Å²) < 4.78 is 15.7. The van der Waals surface area contributed by atoms with E-state index in [0.717, 1.165) is 0 Å². The van der Waals surface area contributed by atoms with Crippen LogP contribution in [0.3, 0.4) is 0 Å². The van der Waals surface area contributed by atoms with Crippen LogP contribution in [0.4, 0.5) is 5.69 Å². The van der Waals surface area contributed by atoms with Gasteiger partial charge < -0.3 is 14.2 Å². The maximum atomic E-state index is 13.3. The fourth-order valence-electron chi connectivity index (χ4n) is 3.31. The topological polar surface area (TPSA) is 77.4 Å². The van der Waals surface area contributed by atoms with E-state index in [0.29, 0.717) is 47.9 Å². The molecule has 0 aromatic heterocycles. The van der Waals surface area contributed by atoms with Crippen molar-refractivity contribution in [3.63, 3.8) is 0 Å². The van der Waals surface area contributed by atoms with Crippen molar-refractivity contribution in [2.45, 2.75) is 12.3 Å². The van der Waals surface area contributed by atoms with Crippen LogP contribution in [0.25, 0.3) is 0 Å². The third kappa shape index (κ3) is 4.20. The summed E-state index contributed by atoms with van der Waals surface area (Å²) in [6.07, 6.45) is 3.69. The number of methoxy groups -OCH3 is 2. The summed E-state index contributed by atoms with van der Waals surface area (Å²) in [6, 6.07) is 12.0. The number of hydrogen-bond donors (Lipinski definition) is 0. The van der Waals surface area contributed by atoms with Crippen LogP contribution < -0.4 is 14.4 Å². The minimum absolute atomic E-state index is 0.364. The molecule has 0 N–H and O–H groups in total. The van der Waals surface area contributed by atoms with Gasteiger partial charge in [-0.2, -0.15) is 0 Å². The Labute approximate surface area is 175 Å². The quantitative estimate of drug-likeness (QED) is 0.274. The summed E-state index contributed by atoms with van der Waals surface area (Å²) in [5.74, 6) is -0.462. The normalized spacial score (nSPS) is 15.8. The van der Waals surface area contributed by atoms with Crippen LogP contribution >= 0.6 is 0 Å². The van der Waals surface area contributed by atoms with E-state index in [1.54, 1.807) is 42.6 Å². The van der Waals surface area contributed by atoms with Gasteiger partial charge in [-0.05, 0) is 23.8 Å². The number of carbonyl (C=O) groups excluding carboxylic acids is 2. The minimum Gasteiger partial charge on any atom is -0.502 e. The third-order valence-electron chi connectivity index (χ3n) is 4.76. The monoisotopic (exact) mass is 408 g/mol. The summed E-state index contributed by atoms with van der Waals surface area (Å²) in [5.41, 5.74) is 1.53. The molecule has 3 rings (SSSR count). The van der Waals surface area contributed by atoms with E-state index >= 15 is 0 Å². The maximum absolute atomic E-state index is 13.3. The first kappa shape index (κ1) is 21.1. The Kier molecular flexibility index (Phi) is 6.85. The molecular formula is C23H24N2O5. The van der Waals surface area contributed by atoms with Crippen LogP contribution in [-0.2, 0) is 9.53 Å². The molecule has 7 heteroatoms. The third-order valence-corrected chi connectivity index (χ3v) is 4.76. The standard InChI is InChI=1S/C23H24N2O5/c1-4-30-13-7-12-24-15-19-17-8-5-6-9-18(17)22(26)25(23(19)27)16-10-11-20(28-2)21(14-16)29-3/h4-6,8-11,14-15,19H,1,7,12-13H2,2-3H3/t19-/m1/s1. The summed E-state index contributed by atoms with van der Waals surface area (Å²) in [7, 11) is 3.03. The molecule has 1 atom stereocenters. The Morgan fingerprint density at radius 1 is 1.10 bits per heavy atom. The maximum Gasteiger partial charge on any atom is 0.265 e. The van der Waals surface area contributed by atoms with Crippen molar-refractivity contribution < 1.29 is 23.8 Å². The predicted octanol–water partition coefficient (Wildman–Crippen LogP) is 3.60. The first-order chi connectivity index (χ1) is 14.6. The van der Waals surface area contributed by atoms with Gasteiger partial charge in [-0.1, -0.05) is 24.8 Å². The zero-order valence-electron chi connectivity index (χ0n) is 17.0. The number of rotatable bonds is 9. The highest BCUT2D eigenvalue weighted by molar-refractivity contribution is 6.29. The molecule has 1 aliphatic rings. The van der Waals surface area contributed by atoms with Crippen molar-refractivity contribution in [3.05, 3.63) is 66.4 Å². The number of benzene rings is 2. The molecule has 156 valence electrons. The highest BCUT2D eigenvalue weighted by Gasteiger charge is 2.39.